The summed E-state index contributed by atoms with van der Waals surface area (Å²) < 4.78 is 57.5. The smallest absolute Gasteiger partial charge is 0.319 e. The first-order valence-corrected chi connectivity index (χ1v) is 14.6. The molecule has 1 heterocycles. The maximum Gasteiger partial charge on any atom is 0.319 e. The predicted octanol–water partition coefficient (Wildman–Crippen LogP) is 4.61. The number of urea groups is 1. The number of nitrogens with one attached hydrogen (secondary N) is 2. The van der Waals surface area contributed by atoms with Crippen molar-refractivity contribution in [2.75, 3.05) is 36.7 Å². The molecule has 4 N–H and O–H groups in total. The van der Waals surface area contributed by atoms with Crippen LogP contribution in [0, 0.1) is 23.4 Å². The average molecular weight is 568 g/mol. The molecule has 0 aliphatic carbocycles. The molecule has 0 bridgehead atoms. The molecule has 1 aliphatic heterocycles. The van der Waals surface area contributed by atoms with Gasteiger partial charge in [-0.15, -0.1) is 0 Å². The zero-order valence-corrected chi connectivity index (χ0v) is 22.1. The lowest BCUT2D eigenvalue weighted by Gasteiger charge is -2.27. The summed E-state index contributed by atoms with van der Waals surface area (Å²) in [5.41, 5.74) is -0.231. The van der Waals surface area contributed by atoms with Crippen molar-refractivity contribution in [3.63, 3.8) is 0 Å². The quantitative estimate of drug-likeness (QED) is 0.326. The molecule has 0 spiro atoms. The molecule has 1 fully saturated rings. The van der Waals surface area contributed by atoms with E-state index in [4.69, 9.17) is 11.6 Å². The van der Waals surface area contributed by atoms with Crippen molar-refractivity contribution in [3.05, 3.63) is 77.1 Å². The Morgan fingerprint density at radius 2 is 1.79 bits per heavy atom. The summed E-state index contributed by atoms with van der Waals surface area (Å²) in [4.78, 5) is 13.6. The van der Waals surface area contributed by atoms with Gasteiger partial charge in [-0.3, -0.25) is 0 Å². The maximum atomic E-state index is 15.4. The van der Waals surface area contributed by atoms with Gasteiger partial charge in [0.15, 0.2) is 11.6 Å². The van der Waals surface area contributed by atoms with Gasteiger partial charge in [0.2, 0.25) is 0 Å². The summed E-state index contributed by atoms with van der Waals surface area (Å²) in [7, 11) is -2.81. The molecule has 1 saturated heterocycles. The van der Waals surface area contributed by atoms with E-state index < -0.39 is 55.4 Å². The molecule has 0 aromatic heterocycles. The second-order valence-corrected chi connectivity index (χ2v) is 13.0. The van der Waals surface area contributed by atoms with Crippen molar-refractivity contribution in [1.82, 2.24) is 5.32 Å². The van der Waals surface area contributed by atoms with Gasteiger partial charge in [0, 0.05) is 35.0 Å². The lowest BCUT2D eigenvalue weighted by Crippen LogP contribution is -2.49. The van der Waals surface area contributed by atoms with Crippen molar-refractivity contribution in [3.8, 4) is 11.1 Å². The maximum absolute atomic E-state index is 15.4. The summed E-state index contributed by atoms with van der Waals surface area (Å²) in [5.74, 6) is -3.96. The van der Waals surface area contributed by atoms with Crippen LogP contribution in [0.2, 0.25) is 5.02 Å². The summed E-state index contributed by atoms with van der Waals surface area (Å²) >= 11 is 5.71. The van der Waals surface area contributed by atoms with E-state index in [1.54, 1.807) is 24.3 Å². The lowest BCUT2D eigenvalue weighted by molar-refractivity contribution is 0.125. The number of nitrogens with zero attached hydrogens (tertiary/aromatic N) is 1. The third-order valence-electron chi connectivity index (χ3n) is 6.44. The first kappa shape index (κ1) is 28.0. The average Bonchev–Trinajstić information content (AvgIpc) is 3.17. The second-order valence-electron chi connectivity index (χ2n) is 9.39. The van der Waals surface area contributed by atoms with Crippen LogP contribution in [0.1, 0.15) is 0 Å². The Morgan fingerprint density at radius 3 is 2.45 bits per heavy atom. The number of carbonyl (C=O) groups is 1. The van der Waals surface area contributed by atoms with E-state index in [1.807, 2.05) is 0 Å². The van der Waals surface area contributed by atoms with Crippen LogP contribution in [0.3, 0.4) is 0 Å². The molecule has 4 rings (SSSR count). The molecule has 0 radical (unpaired) electrons. The second kappa shape index (κ2) is 11.0. The Labute approximate surface area is 222 Å². The lowest BCUT2D eigenvalue weighted by atomic mass is 10.0. The molecule has 0 saturated carbocycles. The van der Waals surface area contributed by atoms with Crippen molar-refractivity contribution in [1.29, 1.82) is 0 Å². The Bertz CT molecular complexity index is 1420. The zero-order valence-electron chi connectivity index (χ0n) is 20.5. The highest BCUT2D eigenvalue weighted by Crippen LogP contribution is 2.41. The van der Waals surface area contributed by atoms with E-state index in [1.165, 1.54) is 37.6 Å². The SMILES string of the molecule is CP(C)(=O)c1ccccc1-c1ccc(N2CC(CO)[C@@H](NC(=O)Nc3ccc(Cl)cc3F)C2O)c(F)c1F. The highest BCUT2D eigenvalue weighted by molar-refractivity contribution is 7.70. The van der Waals surface area contributed by atoms with Crippen LogP contribution < -0.4 is 20.8 Å². The summed E-state index contributed by atoms with van der Waals surface area (Å²) in [5, 5.41) is 26.1. The number of amides is 2. The van der Waals surface area contributed by atoms with Crippen LogP contribution >= 0.6 is 18.7 Å². The predicted molar refractivity (Wildman–Crippen MR) is 142 cm³/mol. The van der Waals surface area contributed by atoms with Gasteiger partial charge in [0.1, 0.15) is 19.2 Å². The van der Waals surface area contributed by atoms with E-state index >= 15 is 8.78 Å². The molecule has 202 valence electrons. The Kier molecular flexibility index (Phi) is 8.09. The van der Waals surface area contributed by atoms with Crippen molar-refractivity contribution >= 4 is 41.5 Å². The van der Waals surface area contributed by atoms with E-state index in [0.717, 1.165) is 11.0 Å². The monoisotopic (exact) mass is 567 g/mol. The molecule has 12 heteroatoms. The van der Waals surface area contributed by atoms with Crippen LogP contribution in [0.5, 0.6) is 0 Å². The summed E-state index contributed by atoms with van der Waals surface area (Å²) in [6.07, 6.45) is -1.54. The van der Waals surface area contributed by atoms with Crippen LogP contribution in [-0.2, 0) is 4.57 Å². The minimum absolute atomic E-state index is 0.0859. The number of aliphatic hydroxyl groups excluding tert-OH is 2. The number of benzene rings is 3. The highest BCUT2D eigenvalue weighted by atomic mass is 35.5. The minimum Gasteiger partial charge on any atom is -0.396 e. The third-order valence-corrected chi connectivity index (χ3v) is 8.22. The fourth-order valence-corrected chi connectivity index (χ4v) is 5.94. The third kappa shape index (κ3) is 5.54. The first-order valence-electron chi connectivity index (χ1n) is 11.6. The molecule has 1 aliphatic rings. The van der Waals surface area contributed by atoms with Crippen molar-refractivity contribution < 1.29 is 32.7 Å². The molecule has 2 unspecified atom stereocenters. The number of rotatable bonds is 6. The normalized spacial score (nSPS) is 19.5. The molecule has 2 amide bonds. The molecule has 7 nitrogen and oxygen atoms in total. The highest BCUT2D eigenvalue weighted by Gasteiger charge is 2.43. The Morgan fingerprint density at radius 1 is 1.08 bits per heavy atom. The number of hydrogen-bond donors (Lipinski definition) is 4. The molecule has 38 heavy (non-hydrogen) atoms. The number of anilines is 2. The van der Waals surface area contributed by atoms with Crippen molar-refractivity contribution in [2.24, 2.45) is 5.92 Å². The molecule has 3 aromatic rings. The van der Waals surface area contributed by atoms with Gasteiger partial charge in [-0.05, 0) is 49.2 Å². The molecular weight excluding hydrogens is 542 g/mol. The fourth-order valence-electron chi connectivity index (χ4n) is 4.56. The van der Waals surface area contributed by atoms with Gasteiger partial charge in [0.25, 0.3) is 0 Å². The van der Waals surface area contributed by atoms with Crippen LogP contribution in [0.25, 0.3) is 11.1 Å². The van der Waals surface area contributed by atoms with E-state index in [2.05, 4.69) is 10.6 Å². The molecule has 3 atom stereocenters. The first-order chi connectivity index (χ1) is 17.9. The van der Waals surface area contributed by atoms with Crippen molar-refractivity contribution in [2.45, 2.75) is 12.3 Å². The van der Waals surface area contributed by atoms with E-state index in [0.29, 0.717) is 10.9 Å². The standard InChI is InChI=1S/C26H26ClF3N3O4P/c1-38(2,37)21-6-4-3-5-16(21)17-8-10-20(23(30)22(17)29)33-12-14(13-34)24(25(33)35)32-26(36)31-19-9-7-15(27)11-18(19)28/h3-11,14,24-25,34-35H,12-13H2,1-2H3,(H2,31,32,36)/t14?,24-,25?/m1/s1. The fraction of sp³-hybridized carbons (Fsp3) is 0.269. The van der Waals surface area contributed by atoms with Gasteiger partial charge >= 0.3 is 6.03 Å². The topological polar surface area (TPSA) is 102 Å². The summed E-state index contributed by atoms with van der Waals surface area (Å²) in [6.45, 7) is 2.48. The van der Waals surface area contributed by atoms with Gasteiger partial charge in [-0.1, -0.05) is 35.9 Å². The number of hydrogen-bond acceptors (Lipinski definition) is 5. The number of carbonyl (C=O) groups excluding carboxylic acids is 1. The van der Waals surface area contributed by atoms with Gasteiger partial charge in [0.05, 0.1) is 17.4 Å². The van der Waals surface area contributed by atoms with Crippen LogP contribution in [0.15, 0.2) is 54.6 Å². The van der Waals surface area contributed by atoms with Gasteiger partial charge in [-0.2, -0.15) is 0 Å². The number of aliphatic hydroxyl groups is 2. The van der Waals surface area contributed by atoms with E-state index in [9.17, 15) is 24.0 Å². The molecular formula is C26H26ClF3N3O4P. The minimum atomic E-state index is -2.81. The van der Waals surface area contributed by atoms with Gasteiger partial charge in [-0.25, -0.2) is 18.0 Å². The Balaban J connectivity index is 1.59. The van der Waals surface area contributed by atoms with Crippen LogP contribution in [-0.4, -0.2) is 55.0 Å². The summed E-state index contributed by atoms with van der Waals surface area (Å²) in [6, 6.07) is 10.8. The van der Waals surface area contributed by atoms with E-state index in [-0.39, 0.29) is 28.5 Å². The number of halogens is 4. The molecule has 3 aromatic carbocycles. The zero-order chi connectivity index (χ0) is 27.8. The van der Waals surface area contributed by atoms with Gasteiger partial charge < -0.3 is 30.3 Å². The Hall–Kier alpha value is -3.04. The largest absolute Gasteiger partial charge is 0.396 e. The van der Waals surface area contributed by atoms with Crippen LogP contribution in [0.4, 0.5) is 29.3 Å².